The molecule has 1 saturated heterocycles. The molecule has 0 aliphatic carbocycles. The van der Waals surface area contributed by atoms with Gasteiger partial charge >= 0.3 is 0 Å². The second kappa shape index (κ2) is 7.08. The zero-order valence-corrected chi connectivity index (χ0v) is 12.4. The van der Waals surface area contributed by atoms with Crippen molar-refractivity contribution >= 4 is 0 Å². The summed E-state index contributed by atoms with van der Waals surface area (Å²) in [6, 6.07) is 2.79. The molecule has 4 nitrogen and oxygen atoms in total. The minimum absolute atomic E-state index is 0.622. The predicted octanol–water partition coefficient (Wildman–Crippen LogP) is 2.31. The van der Waals surface area contributed by atoms with Gasteiger partial charge in [0.2, 0.25) is 0 Å². The van der Waals surface area contributed by atoms with Crippen LogP contribution in [-0.2, 0) is 17.8 Å². The van der Waals surface area contributed by atoms with Crippen LogP contribution in [-0.4, -0.2) is 37.7 Å². The lowest BCUT2D eigenvalue weighted by atomic mass is 10.1. The van der Waals surface area contributed by atoms with Crippen LogP contribution in [0.2, 0.25) is 0 Å². The Labute approximate surface area is 116 Å². The van der Waals surface area contributed by atoms with E-state index in [9.17, 15) is 0 Å². The van der Waals surface area contributed by atoms with Gasteiger partial charge in [-0.15, -0.1) is 0 Å². The summed E-state index contributed by atoms with van der Waals surface area (Å²) in [5.41, 5.74) is 1.25. The maximum atomic E-state index is 5.94. The smallest absolute Gasteiger partial charge is 0.120 e. The van der Waals surface area contributed by atoms with Crippen LogP contribution in [0.3, 0.4) is 0 Å². The highest BCUT2D eigenvalue weighted by molar-refractivity contribution is 5.20. The van der Waals surface area contributed by atoms with Gasteiger partial charge in [-0.1, -0.05) is 6.92 Å². The van der Waals surface area contributed by atoms with E-state index in [2.05, 4.69) is 37.2 Å². The van der Waals surface area contributed by atoms with Crippen LogP contribution in [0, 0.1) is 6.92 Å². The van der Waals surface area contributed by atoms with Gasteiger partial charge in [-0.25, -0.2) is 0 Å². The van der Waals surface area contributed by atoms with Crippen LogP contribution < -0.4 is 5.32 Å². The zero-order valence-electron chi connectivity index (χ0n) is 12.4. The van der Waals surface area contributed by atoms with Crippen molar-refractivity contribution < 1.29 is 9.15 Å². The van der Waals surface area contributed by atoms with E-state index in [1.165, 1.54) is 5.56 Å². The fourth-order valence-corrected chi connectivity index (χ4v) is 2.58. The highest BCUT2D eigenvalue weighted by Gasteiger charge is 2.19. The van der Waals surface area contributed by atoms with E-state index >= 15 is 0 Å². The Balaban J connectivity index is 1.90. The van der Waals surface area contributed by atoms with Crippen molar-refractivity contribution in [2.75, 3.05) is 26.8 Å². The molecule has 1 aromatic rings. The summed E-state index contributed by atoms with van der Waals surface area (Å²) < 4.78 is 11.4. The van der Waals surface area contributed by atoms with Gasteiger partial charge < -0.3 is 14.5 Å². The van der Waals surface area contributed by atoms with E-state index in [0.717, 1.165) is 57.2 Å². The lowest BCUT2D eigenvalue weighted by Crippen LogP contribution is -2.36. The minimum Gasteiger partial charge on any atom is -0.463 e. The Morgan fingerprint density at radius 1 is 1.37 bits per heavy atom. The second-order valence-corrected chi connectivity index (χ2v) is 5.36. The summed E-state index contributed by atoms with van der Waals surface area (Å²) in [7, 11) is 2.18. The van der Waals surface area contributed by atoms with Crippen molar-refractivity contribution in [1.82, 2.24) is 10.2 Å². The number of aryl methyl sites for hydroxylation is 1. The fourth-order valence-electron chi connectivity index (χ4n) is 2.58. The Kier molecular flexibility index (Phi) is 5.43. The molecule has 0 radical (unpaired) electrons. The van der Waals surface area contributed by atoms with Gasteiger partial charge in [0.1, 0.15) is 11.5 Å². The molecular formula is C15H26N2O2. The highest BCUT2D eigenvalue weighted by atomic mass is 16.5. The van der Waals surface area contributed by atoms with E-state index in [-0.39, 0.29) is 0 Å². The summed E-state index contributed by atoms with van der Waals surface area (Å²) in [4.78, 5) is 2.39. The molecule has 4 heteroatoms. The quantitative estimate of drug-likeness (QED) is 0.857. The summed E-state index contributed by atoms with van der Waals surface area (Å²) in [6.07, 6.45) is 2.25. The third-order valence-corrected chi connectivity index (χ3v) is 3.83. The number of nitrogens with zero attached hydrogens (tertiary/aromatic N) is 1. The molecule has 2 rings (SSSR count). The molecule has 1 fully saturated rings. The maximum absolute atomic E-state index is 5.94. The first-order chi connectivity index (χ1) is 9.20. The van der Waals surface area contributed by atoms with Gasteiger partial charge in [0.25, 0.3) is 0 Å². The first-order valence-electron chi connectivity index (χ1n) is 7.27. The molecule has 1 aliphatic rings. The van der Waals surface area contributed by atoms with Crippen molar-refractivity contribution in [1.29, 1.82) is 0 Å². The van der Waals surface area contributed by atoms with Gasteiger partial charge in [-0.2, -0.15) is 0 Å². The van der Waals surface area contributed by atoms with E-state index in [0.29, 0.717) is 6.04 Å². The molecule has 2 heterocycles. The van der Waals surface area contributed by atoms with Crippen LogP contribution in [0.15, 0.2) is 10.5 Å². The zero-order chi connectivity index (χ0) is 13.7. The van der Waals surface area contributed by atoms with E-state index < -0.39 is 0 Å². The Bertz CT molecular complexity index is 383. The molecular weight excluding hydrogens is 240 g/mol. The van der Waals surface area contributed by atoms with Crippen molar-refractivity contribution in [2.24, 2.45) is 0 Å². The van der Waals surface area contributed by atoms with Crippen LogP contribution in [0.25, 0.3) is 0 Å². The molecule has 0 saturated carbocycles. The standard InChI is InChI=1S/C15H26N2O2/c1-4-16-10-15-12(2)9-14(19-15)11-17(3)13-5-7-18-8-6-13/h9,13,16H,4-8,10-11H2,1-3H3. The number of hydrogen-bond donors (Lipinski definition) is 1. The third kappa shape index (κ3) is 4.06. The van der Waals surface area contributed by atoms with Gasteiger partial charge in [0, 0.05) is 19.3 Å². The predicted molar refractivity (Wildman–Crippen MR) is 76.1 cm³/mol. The molecule has 0 bridgehead atoms. The molecule has 108 valence electrons. The molecule has 1 aliphatic heterocycles. The SMILES string of the molecule is CCNCc1oc(CN(C)C2CCOCC2)cc1C. The van der Waals surface area contributed by atoms with E-state index in [1.807, 2.05) is 0 Å². The van der Waals surface area contributed by atoms with Gasteiger partial charge in [-0.3, -0.25) is 4.90 Å². The van der Waals surface area contributed by atoms with Gasteiger partial charge in [0.05, 0.1) is 13.1 Å². The molecule has 0 unspecified atom stereocenters. The lowest BCUT2D eigenvalue weighted by Gasteiger charge is -2.30. The molecule has 0 amide bonds. The summed E-state index contributed by atoms with van der Waals surface area (Å²) in [5.74, 6) is 2.14. The molecule has 1 N–H and O–H groups in total. The summed E-state index contributed by atoms with van der Waals surface area (Å²) in [6.45, 7) is 8.68. The van der Waals surface area contributed by atoms with Gasteiger partial charge in [0.15, 0.2) is 0 Å². The van der Waals surface area contributed by atoms with Crippen LogP contribution in [0.4, 0.5) is 0 Å². The topological polar surface area (TPSA) is 37.6 Å². The maximum Gasteiger partial charge on any atom is 0.120 e. The lowest BCUT2D eigenvalue weighted by molar-refractivity contribution is 0.0386. The Morgan fingerprint density at radius 3 is 2.79 bits per heavy atom. The molecule has 0 aromatic carbocycles. The van der Waals surface area contributed by atoms with Crippen molar-refractivity contribution in [3.05, 3.63) is 23.2 Å². The van der Waals surface area contributed by atoms with Crippen molar-refractivity contribution in [3.63, 3.8) is 0 Å². The van der Waals surface area contributed by atoms with E-state index in [4.69, 9.17) is 9.15 Å². The average molecular weight is 266 g/mol. The first-order valence-corrected chi connectivity index (χ1v) is 7.27. The Morgan fingerprint density at radius 2 is 2.11 bits per heavy atom. The number of rotatable bonds is 6. The summed E-state index contributed by atoms with van der Waals surface area (Å²) >= 11 is 0. The normalized spacial score (nSPS) is 17.3. The minimum atomic E-state index is 0.622. The van der Waals surface area contributed by atoms with Crippen molar-refractivity contribution in [2.45, 2.75) is 45.8 Å². The molecule has 0 atom stereocenters. The number of nitrogens with one attached hydrogen (secondary N) is 1. The third-order valence-electron chi connectivity index (χ3n) is 3.83. The van der Waals surface area contributed by atoms with Crippen LogP contribution in [0.5, 0.6) is 0 Å². The van der Waals surface area contributed by atoms with Crippen molar-refractivity contribution in [3.8, 4) is 0 Å². The van der Waals surface area contributed by atoms with Gasteiger partial charge in [-0.05, 0) is 45.0 Å². The highest BCUT2D eigenvalue weighted by Crippen LogP contribution is 2.19. The molecule has 19 heavy (non-hydrogen) atoms. The molecule has 1 aromatic heterocycles. The largest absolute Gasteiger partial charge is 0.463 e. The van der Waals surface area contributed by atoms with Crippen LogP contribution >= 0.6 is 0 Å². The average Bonchev–Trinajstić information content (AvgIpc) is 2.77. The Hall–Kier alpha value is -0.840. The summed E-state index contributed by atoms with van der Waals surface area (Å²) in [5, 5.41) is 3.31. The van der Waals surface area contributed by atoms with E-state index in [1.54, 1.807) is 0 Å². The number of furan rings is 1. The monoisotopic (exact) mass is 266 g/mol. The first kappa shape index (κ1) is 14.6. The number of ether oxygens (including phenoxy) is 1. The second-order valence-electron chi connectivity index (χ2n) is 5.36. The molecule has 0 spiro atoms. The number of hydrogen-bond acceptors (Lipinski definition) is 4. The van der Waals surface area contributed by atoms with Crippen LogP contribution in [0.1, 0.15) is 36.8 Å². The fraction of sp³-hybridized carbons (Fsp3) is 0.733.